The van der Waals surface area contributed by atoms with Crippen LogP contribution in [0.1, 0.15) is 15.9 Å². The van der Waals surface area contributed by atoms with Crippen LogP contribution in [0.25, 0.3) is 0 Å². The van der Waals surface area contributed by atoms with Crippen LogP contribution in [0.2, 0.25) is 0 Å². The average Bonchev–Trinajstić information content (AvgIpc) is 2.72. The molecule has 1 aliphatic heterocycles. The van der Waals surface area contributed by atoms with Crippen LogP contribution in [-0.2, 0) is 0 Å². The monoisotopic (exact) mass is 370 g/mol. The second kappa shape index (κ2) is 8.20. The molecule has 0 aromatic heterocycles. The lowest BCUT2D eigenvalue weighted by Gasteiger charge is -2.36. The molecule has 6 nitrogen and oxygen atoms in total. The van der Waals surface area contributed by atoms with E-state index < -0.39 is 0 Å². The van der Waals surface area contributed by atoms with Crippen molar-refractivity contribution in [3.63, 3.8) is 0 Å². The smallest absolute Gasteiger partial charge is 0.253 e. The Hall–Kier alpha value is -2.89. The van der Waals surface area contributed by atoms with E-state index in [1.165, 1.54) is 0 Å². The summed E-state index contributed by atoms with van der Waals surface area (Å²) < 4.78 is 16.3. The number of carbonyl (C=O) groups is 1. The van der Waals surface area contributed by atoms with Gasteiger partial charge in [0.2, 0.25) is 5.75 Å². The maximum Gasteiger partial charge on any atom is 0.253 e. The number of rotatable bonds is 5. The third-order valence-corrected chi connectivity index (χ3v) is 4.88. The first-order valence-electron chi connectivity index (χ1n) is 8.98. The standard InChI is InChI=1S/C21H26N2O4/c1-15-5-7-16(8-6-15)21(24)23-11-9-22(10-12-23)17-13-18(25-2)20(27-4)19(14-17)26-3/h5-8,13-14H,9-12H2,1-4H3. The zero-order valence-corrected chi connectivity index (χ0v) is 16.3. The lowest BCUT2D eigenvalue weighted by molar-refractivity contribution is 0.0746. The highest BCUT2D eigenvalue weighted by Gasteiger charge is 2.24. The van der Waals surface area contributed by atoms with E-state index in [0.29, 0.717) is 30.3 Å². The number of aryl methyl sites for hydroxylation is 1. The first kappa shape index (κ1) is 18.9. The summed E-state index contributed by atoms with van der Waals surface area (Å²) in [6, 6.07) is 11.6. The summed E-state index contributed by atoms with van der Waals surface area (Å²) in [4.78, 5) is 16.8. The molecule has 0 bridgehead atoms. The highest BCUT2D eigenvalue weighted by molar-refractivity contribution is 5.94. The molecule has 0 spiro atoms. The molecule has 0 N–H and O–H groups in total. The number of hydrogen-bond donors (Lipinski definition) is 0. The van der Waals surface area contributed by atoms with Crippen LogP contribution in [0, 0.1) is 6.92 Å². The van der Waals surface area contributed by atoms with Gasteiger partial charge in [0, 0.05) is 49.6 Å². The second-order valence-corrected chi connectivity index (χ2v) is 6.53. The maximum atomic E-state index is 12.7. The second-order valence-electron chi connectivity index (χ2n) is 6.53. The molecular weight excluding hydrogens is 344 g/mol. The molecule has 1 aliphatic rings. The summed E-state index contributed by atoms with van der Waals surface area (Å²) >= 11 is 0. The number of methoxy groups -OCH3 is 3. The molecule has 0 aliphatic carbocycles. The number of piperazine rings is 1. The van der Waals surface area contributed by atoms with Crippen molar-refractivity contribution in [2.24, 2.45) is 0 Å². The van der Waals surface area contributed by atoms with Crippen LogP contribution >= 0.6 is 0 Å². The van der Waals surface area contributed by atoms with Crippen molar-refractivity contribution in [1.82, 2.24) is 4.90 Å². The fourth-order valence-electron chi connectivity index (χ4n) is 3.30. The van der Waals surface area contributed by atoms with Gasteiger partial charge in [0.1, 0.15) is 0 Å². The number of nitrogens with zero attached hydrogens (tertiary/aromatic N) is 2. The fraction of sp³-hybridized carbons (Fsp3) is 0.381. The summed E-state index contributed by atoms with van der Waals surface area (Å²) in [6.07, 6.45) is 0. The number of hydrogen-bond acceptors (Lipinski definition) is 5. The molecule has 2 aromatic carbocycles. The molecule has 0 unspecified atom stereocenters. The van der Waals surface area contributed by atoms with Crippen LogP contribution in [-0.4, -0.2) is 58.3 Å². The Kier molecular flexibility index (Phi) is 5.74. The van der Waals surface area contributed by atoms with Crippen LogP contribution < -0.4 is 19.1 Å². The van der Waals surface area contributed by atoms with Gasteiger partial charge in [-0.25, -0.2) is 0 Å². The Balaban J connectivity index is 1.72. The van der Waals surface area contributed by atoms with Crippen molar-refractivity contribution >= 4 is 11.6 Å². The minimum atomic E-state index is 0.0829. The van der Waals surface area contributed by atoms with E-state index in [1.54, 1.807) is 21.3 Å². The van der Waals surface area contributed by atoms with Crippen LogP contribution in [0.5, 0.6) is 17.2 Å². The minimum Gasteiger partial charge on any atom is -0.493 e. The van der Waals surface area contributed by atoms with E-state index in [4.69, 9.17) is 14.2 Å². The van der Waals surface area contributed by atoms with E-state index in [-0.39, 0.29) is 5.91 Å². The summed E-state index contributed by atoms with van der Waals surface area (Å²) in [5.41, 5.74) is 2.88. The van der Waals surface area contributed by atoms with Crippen molar-refractivity contribution in [3.05, 3.63) is 47.5 Å². The van der Waals surface area contributed by atoms with Gasteiger partial charge in [0.25, 0.3) is 5.91 Å². The van der Waals surface area contributed by atoms with Gasteiger partial charge in [-0.15, -0.1) is 0 Å². The molecule has 6 heteroatoms. The van der Waals surface area contributed by atoms with Gasteiger partial charge in [-0.2, -0.15) is 0 Å². The molecule has 144 valence electrons. The third-order valence-electron chi connectivity index (χ3n) is 4.88. The largest absolute Gasteiger partial charge is 0.493 e. The van der Waals surface area contributed by atoms with E-state index in [2.05, 4.69) is 4.90 Å². The van der Waals surface area contributed by atoms with Crippen LogP contribution in [0.4, 0.5) is 5.69 Å². The van der Waals surface area contributed by atoms with E-state index in [1.807, 2.05) is 48.2 Å². The zero-order chi connectivity index (χ0) is 19.4. The topological polar surface area (TPSA) is 51.2 Å². The van der Waals surface area contributed by atoms with Crippen LogP contribution in [0.3, 0.4) is 0 Å². The number of ether oxygens (including phenoxy) is 3. The molecule has 0 saturated carbocycles. The first-order valence-corrected chi connectivity index (χ1v) is 8.98. The van der Waals surface area contributed by atoms with Crippen molar-refractivity contribution < 1.29 is 19.0 Å². The molecule has 2 aromatic rings. The molecule has 3 rings (SSSR count). The minimum absolute atomic E-state index is 0.0829. The SMILES string of the molecule is COc1cc(N2CCN(C(=O)c3ccc(C)cc3)CC2)cc(OC)c1OC. The lowest BCUT2D eigenvalue weighted by Crippen LogP contribution is -2.48. The number of anilines is 1. The Morgan fingerprint density at radius 2 is 1.41 bits per heavy atom. The Labute approximate surface area is 160 Å². The Bertz CT molecular complexity index is 771. The summed E-state index contributed by atoms with van der Waals surface area (Å²) in [7, 11) is 4.81. The van der Waals surface area contributed by atoms with Gasteiger partial charge < -0.3 is 24.0 Å². The van der Waals surface area contributed by atoms with Gasteiger partial charge in [-0.3, -0.25) is 4.79 Å². The van der Waals surface area contributed by atoms with E-state index in [0.717, 1.165) is 29.9 Å². The highest BCUT2D eigenvalue weighted by Crippen LogP contribution is 2.41. The van der Waals surface area contributed by atoms with Crippen molar-refractivity contribution in [2.45, 2.75) is 6.92 Å². The van der Waals surface area contributed by atoms with Crippen molar-refractivity contribution in [3.8, 4) is 17.2 Å². The molecule has 0 radical (unpaired) electrons. The number of carbonyl (C=O) groups excluding carboxylic acids is 1. The average molecular weight is 370 g/mol. The quantitative estimate of drug-likeness (QED) is 0.810. The number of benzene rings is 2. The Morgan fingerprint density at radius 1 is 0.852 bits per heavy atom. The van der Waals surface area contributed by atoms with Gasteiger partial charge in [-0.05, 0) is 19.1 Å². The summed E-state index contributed by atoms with van der Waals surface area (Å²) in [6.45, 7) is 4.85. The fourth-order valence-corrected chi connectivity index (χ4v) is 3.30. The first-order chi connectivity index (χ1) is 13.1. The molecule has 1 fully saturated rings. The lowest BCUT2D eigenvalue weighted by atomic mass is 10.1. The van der Waals surface area contributed by atoms with Gasteiger partial charge in [-0.1, -0.05) is 17.7 Å². The molecule has 1 saturated heterocycles. The van der Waals surface area contributed by atoms with Gasteiger partial charge >= 0.3 is 0 Å². The summed E-state index contributed by atoms with van der Waals surface area (Å²) in [5, 5.41) is 0. The third kappa shape index (κ3) is 3.94. The van der Waals surface area contributed by atoms with E-state index >= 15 is 0 Å². The normalized spacial score (nSPS) is 14.1. The molecule has 0 atom stereocenters. The molecular formula is C21H26N2O4. The van der Waals surface area contributed by atoms with Gasteiger partial charge in [0.05, 0.1) is 21.3 Å². The predicted octanol–water partition coefficient (Wildman–Crippen LogP) is 2.98. The summed E-state index contributed by atoms with van der Waals surface area (Å²) in [5.74, 6) is 1.92. The predicted molar refractivity (Wildman–Crippen MR) is 105 cm³/mol. The molecule has 1 heterocycles. The maximum absolute atomic E-state index is 12.7. The van der Waals surface area contributed by atoms with Gasteiger partial charge in [0.15, 0.2) is 11.5 Å². The van der Waals surface area contributed by atoms with Crippen molar-refractivity contribution in [2.75, 3.05) is 52.4 Å². The number of amides is 1. The molecule has 1 amide bonds. The van der Waals surface area contributed by atoms with E-state index in [9.17, 15) is 4.79 Å². The highest BCUT2D eigenvalue weighted by atomic mass is 16.5. The Morgan fingerprint density at radius 3 is 1.89 bits per heavy atom. The molecule has 27 heavy (non-hydrogen) atoms. The van der Waals surface area contributed by atoms with Crippen molar-refractivity contribution in [1.29, 1.82) is 0 Å². The zero-order valence-electron chi connectivity index (χ0n) is 16.3. The van der Waals surface area contributed by atoms with Crippen LogP contribution in [0.15, 0.2) is 36.4 Å².